The molecular weight excluding hydrogens is 282 g/mol. The lowest BCUT2D eigenvalue weighted by Crippen LogP contribution is -2.45. The van der Waals surface area contributed by atoms with Crippen LogP contribution in [0.4, 0.5) is 0 Å². The third kappa shape index (κ3) is 3.41. The fourth-order valence-corrected chi connectivity index (χ4v) is 4.87. The maximum atomic E-state index is 6.21. The summed E-state index contributed by atoms with van der Waals surface area (Å²) in [5, 5.41) is 3.47. The number of hydrogen-bond acceptors (Lipinski definition) is 5. The summed E-state index contributed by atoms with van der Waals surface area (Å²) in [5.74, 6) is 3.06. The van der Waals surface area contributed by atoms with Crippen molar-refractivity contribution in [3.8, 4) is 0 Å². The van der Waals surface area contributed by atoms with Crippen molar-refractivity contribution in [2.24, 2.45) is 5.92 Å². The van der Waals surface area contributed by atoms with Gasteiger partial charge in [0.1, 0.15) is 0 Å². The second kappa shape index (κ2) is 6.63. The second-order valence-electron chi connectivity index (χ2n) is 6.25. The number of hydrogen-bond donors (Lipinski definition) is 1. The Labute approximate surface area is 131 Å². The number of aromatic nitrogens is 2. The molecule has 0 amide bonds. The minimum absolute atomic E-state index is 0.126. The number of ether oxygens (including phenoxy) is 1. The molecule has 0 saturated carbocycles. The number of nitrogens with zero attached hydrogens (tertiary/aromatic N) is 2. The van der Waals surface area contributed by atoms with Crippen LogP contribution >= 0.6 is 11.8 Å². The van der Waals surface area contributed by atoms with Gasteiger partial charge in [-0.25, -0.2) is 0 Å². The molecule has 1 aromatic heterocycles. The van der Waals surface area contributed by atoms with E-state index in [1.54, 1.807) is 0 Å². The van der Waals surface area contributed by atoms with E-state index in [1.165, 1.54) is 24.3 Å². The van der Waals surface area contributed by atoms with E-state index in [-0.39, 0.29) is 11.6 Å². The summed E-state index contributed by atoms with van der Waals surface area (Å²) >= 11 is 2.06. The van der Waals surface area contributed by atoms with Crippen molar-refractivity contribution >= 4 is 11.8 Å². The third-order valence-corrected chi connectivity index (χ3v) is 5.82. The zero-order valence-corrected chi connectivity index (χ0v) is 13.8. The normalized spacial score (nSPS) is 26.7. The zero-order valence-electron chi connectivity index (χ0n) is 13.0. The summed E-state index contributed by atoms with van der Waals surface area (Å²) < 4.78 is 6.21. The Morgan fingerprint density at radius 1 is 1.33 bits per heavy atom. The van der Waals surface area contributed by atoms with Gasteiger partial charge in [-0.05, 0) is 57.1 Å². The molecule has 0 aromatic carbocycles. The lowest BCUT2D eigenvalue weighted by Gasteiger charge is -2.45. The highest BCUT2D eigenvalue weighted by Crippen LogP contribution is 2.43. The first kappa shape index (κ1) is 15.3. The molecule has 2 atom stereocenters. The summed E-state index contributed by atoms with van der Waals surface area (Å²) in [4.78, 5) is 9.00. The lowest BCUT2D eigenvalue weighted by molar-refractivity contribution is -0.107. The molecule has 2 aliphatic rings. The lowest BCUT2D eigenvalue weighted by atomic mass is 9.78. The van der Waals surface area contributed by atoms with Crippen LogP contribution in [0.2, 0.25) is 0 Å². The largest absolute Gasteiger partial charge is 0.375 e. The Morgan fingerprint density at radius 2 is 2.14 bits per heavy atom. The molecule has 2 fully saturated rings. The molecule has 1 spiro atoms. The molecule has 1 aromatic rings. The number of nitrogens with one attached hydrogen (secondary N) is 1. The van der Waals surface area contributed by atoms with E-state index in [1.807, 2.05) is 26.4 Å². The Hall–Kier alpha value is -0.650. The van der Waals surface area contributed by atoms with Gasteiger partial charge in [-0.1, -0.05) is 0 Å². The second-order valence-corrected chi connectivity index (χ2v) is 7.47. The van der Waals surface area contributed by atoms with E-state index in [0.717, 1.165) is 30.8 Å². The van der Waals surface area contributed by atoms with Crippen molar-refractivity contribution < 1.29 is 4.74 Å². The number of aryl methyl sites for hydroxylation is 1. The van der Waals surface area contributed by atoms with E-state index in [4.69, 9.17) is 4.74 Å². The molecule has 5 heteroatoms. The van der Waals surface area contributed by atoms with Gasteiger partial charge in [-0.3, -0.25) is 9.97 Å². The van der Waals surface area contributed by atoms with Crippen molar-refractivity contribution in [2.75, 3.05) is 25.2 Å². The first-order valence-corrected chi connectivity index (χ1v) is 9.05. The molecule has 3 rings (SSSR count). The van der Waals surface area contributed by atoms with Crippen LogP contribution in [0.1, 0.15) is 43.1 Å². The first-order chi connectivity index (χ1) is 10.2. The van der Waals surface area contributed by atoms with Crippen LogP contribution < -0.4 is 5.32 Å². The van der Waals surface area contributed by atoms with Crippen LogP contribution in [0.25, 0.3) is 0 Å². The highest BCUT2D eigenvalue weighted by Gasteiger charge is 2.41. The molecule has 2 unspecified atom stereocenters. The monoisotopic (exact) mass is 307 g/mol. The maximum Gasteiger partial charge on any atom is 0.0759 e. The van der Waals surface area contributed by atoms with E-state index in [2.05, 4.69) is 27.0 Å². The maximum absolute atomic E-state index is 6.21. The van der Waals surface area contributed by atoms with Crippen LogP contribution in [0.15, 0.2) is 12.4 Å². The average molecular weight is 307 g/mol. The SMILES string of the molecule is CNC(c1cnc(C)cn1)C1CCOC2(CCSCC2)C1. The van der Waals surface area contributed by atoms with Gasteiger partial charge in [-0.15, -0.1) is 0 Å². The predicted molar refractivity (Wildman–Crippen MR) is 86.5 cm³/mol. The molecular formula is C16H25N3OS. The smallest absolute Gasteiger partial charge is 0.0759 e. The molecule has 0 bridgehead atoms. The van der Waals surface area contributed by atoms with Crippen LogP contribution in [0.3, 0.4) is 0 Å². The highest BCUT2D eigenvalue weighted by molar-refractivity contribution is 7.99. The Morgan fingerprint density at radius 3 is 2.81 bits per heavy atom. The van der Waals surface area contributed by atoms with Gasteiger partial charge in [0.25, 0.3) is 0 Å². The fraction of sp³-hybridized carbons (Fsp3) is 0.750. The first-order valence-electron chi connectivity index (χ1n) is 7.90. The summed E-state index contributed by atoms with van der Waals surface area (Å²) in [6.45, 7) is 2.86. The third-order valence-electron chi connectivity index (χ3n) is 4.84. The Bertz CT molecular complexity index is 454. The summed E-state index contributed by atoms with van der Waals surface area (Å²) in [5.41, 5.74) is 2.16. The number of thioether (sulfide) groups is 1. The Balaban J connectivity index is 1.75. The van der Waals surface area contributed by atoms with Crippen molar-refractivity contribution in [2.45, 2.75) is 44.2 Å². The summed E-state index contributed by atoms with van der Waals surface area (Å²) in [6.07, 6.45) is 8.44. The van der Waals surface area contributed by atoms with E-state index in [9.17, 15) is 0 Å². The fourth-order valence-electron chi connectivity index (χ4n) is 3.63. The highest BCUT2D eigenvalue weighted by atomic mass is 32.2. The standard InChI is InChI=1S/C16H25N3OS/c1-12-10-19-14(11-18-12)15(17-2)13-3-6-20-16(9-13)4-7-21-8-5-16/h10-11,13,15,17H,3-9H2,1-2H3. The van der Waals surface area contributed by atoms with E-state index in [0.29, 0.717) is 5.92 Å². The number of rotatable bonds is 3. The molecule has 4 nitrogen and oxygen atoms in total. The van der Waals surface area contributed by atoms with Gasteiger partial charge >= 0.3 is 0 Å². The van der Waals surface area contributed by atoms with Gasteiger partial charge in [0.2, 0.25) is 0 Å². The zero-order chi connectivity index (χ0) is 14.7. The van der Waals surface area contributed by atoms with Crippen LogP contribution in [-0.2, 0) is 4.74 Å². The van der Waals surface area contributed by atoms with Crippen LogP contribution in [0.5, 0.6) is 0 Å². The van der Waals surface area contributed by atoms with Gasteiger partial charge in [0, 0.05) is 12.8 Å². The molecule has 0 radical (unpaired) electrons. The molecule has 3 heterocycles. The van der Waals surface area contributed by atoms with Gasteiger partial charge in [0.15, 0.2) is 0 Å². The molecule has 1 N–H and O–H groups in total. The molecule has 2 saturated heterocycles. The van der Waals surface area contributed by atoms with E-state index < -0.39 is 0 Å². The van der Waals surface area contributed by atoms with Gasteiger partial charge in [0.05, 0.1) is 29.2 Å². The van der Waals surface area contributed by atoms with Gasteiger partial charge in [-0.2, -0.15) is 11.8 Å². The summed E-state index contributed by atoms with van der Waals surface area (Å²) in [6, 6.07) is 0.286. The van der Waals surface area contributed by atoms with Crippen LogP contribution in [-0.4, -0.2) is 40.7 Å². The van der Waals surface area contributed by atoms with Crippen molar-refractivity contribution in [3.63, 3.8) is 0 Å². The minimum Gasteiger partial charge on any atom is -0.375 e. The van der Waals surface area contributed by atoms with Gasteiger partial charge < -0.3 is 10.1 Å². The summed E-state index contributed by atoms with van der Waals surface area (Å²) in [7, 11) is 2.03. The van der Waals surface area contributed by atoms with Crippen molar-refractivity contribution in [1.29, 1.82) is 0 Å². The Kier molecular flexibility index (Phi) is 4.82. The molecule has 116 valence electrons. The molecule has 2 aliphatic heterocycles. The quantitative estimate of drug-likeness (QED) is 0.930. The predicted octanol–water partition coefficient (Wildman–Crippen LogP) is 2.74. The van der Waals surface area contributed by atoms with Crippen molar-refractivity contribution in [1.82, 2.24) is 15.3 Å². The molecule has 0 aliphatic carbocycles. The van der Waals surface area contributed by atoms with E-state index >= 15 is 0 Å². The van der Waals surface area contributed by atoms with Crippen LogP contribution in [0, 0.1) is 12.8 Å². The molecule has 21 heavy (non-hydrogen) atoms. The minimum atomic E-state index is 0.126. The average Bonchev–Trinajstić information content (AvgIpc) is 2.51. The van der Waals surface area contributed by atoms with Crippen molar-refractivity contribution in [3.05, 3.63) is 23.8 Å². The topological polar surface area (TPSA) is 47.0 Å².